The van der Waals surface area contributed by atoms with Crippen LogP contribution in [-0.2, 0) is 24.7 Å². The van der Waals surface area contributed by atoms with Crippen molar-refractivity contribution in [3.05, 3.63) is 35.9 Å². The van der Waals surface area contributed by atoms with Crippen LogP contribution in [0.3, 0.4) is 0 Å². The van der Waals surface area contributed by atoms with Crippen LogP contribution in [0.5, 0.6) is 0 Å². The Morgan fingerprint density at radius 1 is 1.31 bits per heavy atom. The number of hydrogen-bond donors (Lipinski definition) is 2. The standard InChI is InChI=1S/C20H24N4O5/c1-13(2)19(3,12-21)22-15(25)11-29-16(26)10-24-17(27)20(4,23-18(24)28)14-8-6-5-7-9-14/h5-9,13H,10-11H2,1-4H3,(H,22,25)(H,23,28)/t19-,20+/m0/s1. The number of benzene rings is 1. The Labute approximate surface area is 169 Å². The van der Waals surface area contributed by atoms with Gasteiger partial charge in [0.25, 0.3) is 11.8 Å². The first kappa shape index (κ1) is 21.9. The number of carbonyl (C=O) groups excluding carboxylic acids is 4. The highest BCUT2D eigenvalue weighted by Gasteiger charge is 2.49. The normalized spacial score (nSPS) is 20.6. The number of urea groups is 1. The fourth-order valence-electron chi connectivity index (χ4n) is 2.76. The van der Waals surface area contributed by atoms with Crippen molar-refractivity contribution in [3.63, 3.8) is 0 Å². The second kappa shape index (κ2) is 8.31. The van der Waals surface area contributed by atoms with Gasteiger partial charge in [-0.25, -0.2) is 4.79 Å². The second-order valence-corrected chi connectivity index (χ2v) is 7.49. The molecule has 1 aliphatic heterocycles. The molecule has 9 heteroatoms. The molecular formula is C20H24N4O5. The minimum Gasteiger partial charge on any atom is -0.454 e. The van der Waals surface area contributed by atoms with Gasteiger partial charge in [0.15, 0.2) is 6.61 Å². The first-order valence-electron chi connectivity index (χ1n) is 9.11. The smallest absolute Gasteiger partial charge is 0.326 e. The number of rotatable bonds is 7. The summed E-state index contributed by atoms with van der Waals surface area (Å²) in [5, 5.41) is 14.3. The third-order valence-corrected chi connectivity index (χ3v) is 5.06. The average molecular weight is 400 g/mol. The number of esters is 1. The summed E-state index contributed by atoms with van der Waals surface area (Å²) in [4.78, 5) is 49.8. The Bertz CT molecular complexity index is 863. The molecule has 4 amide bonds. The van der Waals surface area contributed by atoms with E-state index in [1.54, 1.807) is 58.0 Å². The largest absolute Gasteiger partial charge is 0.454 e. The van der Waals surface area contributed by atoms with Gasteiger partial charge in [-0.2, -0.15) is 5.26 Å². The van der Waals surface area contributed by atoms with Crippen molar-refractivity contribution in [1.82, 2.24) is 15.5 Å². The van der Waals surface area contributed by atoms with E-state index in [-0.39, 0.29) is 5.92 Å². The van der Waals surface area contributed by atoms with E-state index >= 15 is 0 Å². The van der Waals surface area contributed by atoms with Crippen LogP contribution in [0.15, 0.2) is 30.3 Å². The summed E-state index contributed by atoms with van der Waals surface area (Å²) >= 11 is 0. The van der Waals surface area contributed by atoms with E-state index in [0.717, 1.165) is 4.90 Å². The summed E-state index contributed by atoms with van der Waals surface area (Å²) in [7, 11) is 0. The van der Waals surface area contributed by atoms with Gasteiger partial charge in [-0.3, -0.25) is 19.3 Å². The van der Waals surface area contributed by atoms with Gasteiger partial charge in [-0.15, -0.1) is 0 Å². The molecule has 2 N–H and O–H groups in total. The van der Waals surface area contributed by atoms with E-state index < -0.39 is 48.0 Å². The Balaban J connectivity index is 1.96. The lowest BCUT2D eigenvalue weighted by Crippen LogP contribution is -2.50. The first-order chi connectivity index (χ1) is 13.5. The first-order valence-corrected chi connectivity index (χ1v) is 9.11. The van der Waals surface area contributed by atoms with Gasteiger partial charge in [-0.1, -0.05) is 44.2 Å². The van der Waals surface area contributed by atoms with Crippen LogP contribution in [0.1, 0.15) is 33.3 Å². The Morgan fingerprint density at radius 3 is 2.48 bits per heavy atom. The van der Waals surface area contributed by atoms with Crippen molar-refractivity contribution in [3.8, 4) is 6.07 Å². The minimum absolute atomic E-state index is 0.159. The van der Waals surface area contributed by atoms with Crippen molar-refractivity contribution in [2.24, 2.45) is 5.92 Å². The van der Waals surface area contributed by atoms with Crippen molar-refractivity contribution in [2.45, 2.75) is 38.8 Å². The number of carbonyl (C=O) groups is 4. The summed E-state index contributed by atoms with van der Waals surface area (Å²) in [6.45, 7) is 5.42. The minimum atomic E-state index is -1.29. The highest BCUT2D eigenvalue weighted by atomic mass is 16.5. The Kier molecular flexibility index (Phi) is 6.27. The zero-order valence-corrected chi connectivity index (χ0v) is 16.8. The molecule has 0 aromatic heterocycles. The highest BCUT2D eigenvalue weighted by molar-refractivity contribution is 6.08. The molecule has 1 saturated heterocycles. The molecule has 1 fully saturated rings. The number of hydrogen-bond acceptors (Lipinski definition) is 6. The predicted molar refractivity (Wildman–Crippen MR) is 102 cm³/mol. The number of nitrogens with zero attached hydrogens (tertiary/aromatic N) is 2. The molecule has 2 rings (SSSR count). The molecule has 1 aliphatic rings. The van der Waals surface area contributed by atoms with Crippen LogP contribution in [0.4, 0.5) is 4.79 Å². The molecule has 29 heavy (non-hydrogen) atoms. The van der Waals surface area contributed by atoms with Crippen molar-refractivity contribution in [1.29, 1.82) is 5.26 Å². The maximum atomic E-state index is 12.7. The van der Waals surface area contributed by atoms with Crippen molar-refractivity contribution >= 4 is 23.8 Å². The molecule has 0 radical (unpaired) electrons. The van der Waals surface area contributed by atoms with E-state index in [1.165, 1.54) is 0 Å². The number of nitrogens with one attached hydrogen (secondary N) is 2. The van der Waals surface area contributed by atoms with E-state index in [1.807, 2.05) is 6.07 Å². The van der Waals surface area contributed by atoms with E-state index in [4.69, 9.17) is 4.74 Å². The number of nitriles is 1. The molecule has 9 nitrogen and oxygen atoms in total. The molecule has 0 unspecified atom stereocenters. The van der Waals surface area contributed by atoms with Crippen LogP contribution >= 0.6 is 0 Å². The molecule has 1 aromatic carbocycles. The van der Waals surface area contributed by atoms with Crippen molar-refractivity contribution in [2.75, 3.05) is 13.2 Å². The fourth-order valence-corrected chi connectivity index (χ4v) is 2.76. The predicted octanol–water partition coefficient (Wildman–Crippen LogP) is 1.05. The SMILES string of the molecule is CC(C)[C@](C)(C#N)NC(=O)COC(=O)CN1C(=O)N[C@](C)(c2ccccc2)C1=O. The van der Waals surface area contributed by atoms with Crippen molar-refractivity contribution < 1.29 is 23.9 Å². The molecule has 0 saturated carbocycles. The summed E-state index contributed by atoms with van der Waals surface area (Å²) in [5.41, 5.74) is -1.81. The lowest BCUT2D eigenvalue weighted by atomic mass is 9.90. The Hall–Kier alpha value is -3.41. The molecule has 0 spiro atoms. The maximum Gasteiger partial charge on any atom is 0.326 e. The summed E-state index contributed by atoms with van der Waals surface area (Å²) in [6.07, 6.45) is 0. The van der Waals surface area contributed by atoms with Crippen LogP contribution < -0.4 is 10.6 Å². The molecule has 1 heterocycles. The summed E-state index contributed by atoms with van der Waals surface area (Å²) < 4.78 is 4.87. The van der Waals surface area contributed by atoms with Gasteiger partial charge >= 0.3 is 12.0 Å². The van der Waals surface area contributed by atoms with Crippen LogP contribution in [-0.4, -0.2) is 47.4 Å². The number of imide groups is 1. The monoisotopic (exact) mass is 400 g/mol. The highest BCUT2D eigenvalue weighted by Crippen LogP contribution is 2.28. The van der Waals surface area contributed by atoms with Crippen LogP contribution in [0.2, 0.25) is 0 Å². The van der Waals surface area contributed by atoms with Gasteiger partial charge in [0, 0.05) is 0 Å². The maximum absolute atomic E-state index is 12.7. The molecular weight excluding hydrogens is 376 g/mol. The average Bonchev–Trinajstić information content (AvgIpc) is 2.91. The number of ether oxygens (including phenoxy) is 1. The topological polar surface area (TPSA) is 129 Å². The quantitative estimate of drug-likeness (QED) is 0.520. The van der Waals surface area contributed by atoms with Gasteiger partial charge in [-0.05, 0) is 25.3 Å². The summed E-state index contributed by atoms with van der Waals surface area (Å²) in [5.74, 6) is -2.31. The van der Waals surface area contributed by atoms with Gasteiger partial charge in [0.05, 0.1) is 6.07 Å². The molecule has 154 valence electrons. The van der Waals surface area contributed by atoms with Crippen LogP contribution in [0, 0.1) is 17.2 Å². The van der Waals surface area contributed by atoms with E-state index in [2.05, 4.69) is 10.6 Å². The lowest BCUT2D eigenvalue weighted by molar-refractivity contribution is -0.151. The molecule has 0 bridgehead atoms. The molecule has 0 aliphatic carbocycles. The van der Waals surface area contributed by atoms with Gasteiger partial charge < -0.3 is 15.4 Å². The van der Waals surface area contributed by atoms with E-state index in [0.29, 0.717) is 5.56 Å². The fraction of sp³-hybridized carbons (Fsp3) is 0.450. The van der Waals surface area contributed by atoms with Gasteiger partial charge in [0.2, 0.25) is 0 Å². The zero-order chi connectivity index (χ0) is 21.8. The summed E-state index contributed by atoms with van der Waals surface area (Å²) in [6, 6.07) is 9.95. The molecule has 1 aromatic rings. The third-order valence-electron chi connectivity index (χ3n) is 5.06. The third kappa shape index (κ3) is 4.54. The number of amides is 4. The van der Waals surface area contributed by atoms with Gasteiger partial charge in [0.1, 0.15) is 17.6 Å². The zero-order valence-electron chi connectivity index (χ0n) is 16.8. The molecule has 2 atom stereocenters. The lowest BCUT2D eigenvalue weighted by Gasteiger charge is -2.27. The van der Waals surface area contributed by atoms with E-state index in [9.17, 15) is 24.4 Å². The second-order valence-electron chi connectivity index (χ2n) is 7.49. The Morgan fingerprint density at radius 2 is 1.93 bits per heavy atom. The van der Waals surface area contributed by atoms with Crippen LogP contribution in [0.25, 0.3) is 0 Å².